The van der Waals surface area contributed by atoms with Crippen LogP contribution in [0.3, 0.4) is 0 Å². The summed E-state index contributed by atoms with van der Waals surface area (Å²) in [4.78, 5) is 5.37. The minimum atomic E-state index is -0.966. The SMILES string of the molecule is CON1CC=Cc2c1ccc1c2C(O)Oc2ccccc2-1. The molecule has 4 heteroatoms. The molecular weight excluding hydrogens is 266 g/mol. The first kappa shape index (κ1) is 12.4. The molecule has 21 heavy (non-hydrogen) atoms. The number of para-hydroxylation sites is 1. The van der Waals surface area contributed by atoms with Gasteiger partial charge in [-0.15, -0.1) is 0 Å². The molecule has 0 aromatic heterocycles. The minimum absolute atomic E-state index is 0.690. The van der Waals surface area contributed by atoms with Crippen LogP contribution in [0.1, 0.15) is 17.4 Å². The maximum atomic E-state index is 10.4. The number of nitrogens with zero attached hydrogens (tertiary/aromatic N) is 1. The molecular formula is C17H15NO3. The number of hydroxylamine groups is 1. The van der Waals surface area contributed by atoms with Crippen molar-refractivity contribution in [1.29, 1.82) is 0 Å². The second-order valence-electron chi connectivity index (χ2n) is 5.07. The molecule has 0 saturated carbocycles. The van der Waals surface area contributed by atoms with E-state index >= 15 is 0 Å². The Labute approximate surface area is 122 Å². The molecule has 1 atom stereocenters. The van der Waals surface area contributed by atoms with E-state index in [9.17, 15) is 5.11 Å². The van der Waals surface area contributed by atoms with Crippen LogP contribution < -0.4 is 9.80 Å². The van der Waals surface area contributed by atoms with Gasteiger partial charge in [-0.05, 0) is 17.7 Å². The molecule has 2 aromatic rings. The molecule has 0 bridgehead atoms. The molecule has 0 aliphatic carbocycles. The Balaban J connectivity index is 1.98. The monoisotopic (exact) mass is 281 g/mol. The summed E-state index contributed by atoms with van der Waals surface area (Å²) in [5.74, 6) is 0.709. The van der Waals surface area contributed by atoms with Crippen molar-refractivity contribution in [3.8, 4) is 16.9 Å². The number of aliphatic hydroxyl groups excluding tert-OH is 1. The molecule has 4 nitrogen and oxygen atoms in total. The number of aliphatic hydroxyl groups is 1. The van der Waals surface area contributed by atoms with Gasteiger partial charge in [0.25, 0.3) is 0 Å². The first-order chi connectivity index (χ1) is 10.3. The average Bonchev–Trinajstić information content (AvgIpc) is 2.53. The maximum absolute atomic E-state index is 10.4. The second-order valence-corrected chi connectivity index (χ2v) is 5.07. The standard InChI is InChI=1S/C17H15NO3/c1-20-18-10-4-6-13-14(18)9-8-12-11-5-2-3-7-15(11)21-17(19)16(12)13/h2-9,17,19H,10H2,1H3. The van der Waals surface area contributed by atoms with Crippen molar-refractivity contribution in [2.24, 2.45) is 0 Å². The van der Waals surface area contributed by atoms with Crippen LogP contribution in [0.4, 0.5) is 5.69 Å². The second kappa shape index (κ2) is 4.62. The molecule has 0 fully saturated rings. The van der Waals surface area contributed by atoms with Crippen molar-refractivity contribution in [3.63, 3.8) is 0 Å². The van der Waals surface area contributed by atoms with Gasteiger partial charge in [0.1, 0.15) is 5.75 Å². The van der Waals surface area contributed by atoms with E-state index < -0.39 is 6.29 Å². The molecule has 0 spiro atoms. The number of hydrogen-bond donors (Lipinski definition) is 1. The van der Waals surface area contributed by atoms with Crippen LogP contribution in [0.15, 0.2) is 42.5 Å². The van der Waals surface area contributed by atoms with Crippen LogP contribution in [-0.4, -0.2) is 18.8 Å². The highest BCUT2D eigenvalue weighted by Gasteiger charge is 2.29. The molecule has 1 N–H and O–H groups in total. The molecule has 2 aliphatic heterocycles. The van der Waals surface area contributed by atoms with E-state index in [0.29, 0.717) is 12.3 Å². The van der Waals surface area contributed by atoms with Crippen molar-refractivity contribution < 1.29 is 14.7 Å². The molecule has 106 valence electrons. The number of ether oxygens (including phenoxy) is 1. The zero-order valence-electron chi connectivity index (χ0n) is 11.6. The van der Waals surface area contributed by atoms with Crippen molar-refractivity contribution in [2.75, 3.05) is 18.7 Å². The van der Waals surface area contributed by atoms with E-state index in [2.05, 4.69) is 0 Å². The third-order valence-corrected chi connectivity index (χ3v) is 3.97. The molecule has 2 heterocycles. The van der Waals surface area contributed by atoms with E-state index in [1.807, 2.05) is 48.6 Å². The van der Waals surface area contributed by atoms with Gasteiger partial charge in [-0.2, -0.15) is 0 Å². The van der Waals surface area contributed by atoms with Gasteiger partial charge in [-0.3, -0.25) is 9.90 Å². The summed E-state index contributed by atoms with van der Waals surface area (Å²) in [7, 11) is 1.64. The topological polar surface area (TPSA) is 41.9 Å². The summed E-state index contributed by atoms with van der Waals surface area (Å²) in [6, 6.07) is 11.8. The predicted molar refractivity (Wildman–Crippen MR) is 80.9 cm³/mol. The summed E-state index contributed by atoms with van der Waals surface area (Å²) < 4.78 is 5.66. The number of hydrogen-bond acceptors (Lipinski definition) is 4. The zero-order valence-corrected chi connectivity index (χ0v) is 11.6. The Hall–Kier alpha value is -2.30. The van der Waals surface area contributed by atoms with Crippen molar-refractivity contribution in [3.05, 3.63) is 53.6 Å². The molecule has 0 amide bonds. The summed E-state index contributed by atoms with van der Waals surface area (Å²) >= 11 is 0. The highest BCUT2D eigenvalue weighted by molar-refractivity contribution is 5.84. The quantitative estimate of drug-likeness (QED) is 0.872. The number of benzene rings is 2. The largest absolute Gasteiger partial charge is 0.460 e. The smallest absolute Gasteiger partial charge is 0.225 e. The van der Waals surface area contributed by atoms with Gasteiger partial charge in [0, 0.05) is 16.7 Å². The Morgan fingerprint density at radius 1 is 1.19 bits per heavy atom. The lowest BCUT2D eigenvalue weighted by atomic mass is 9.90. The molecule has 1 unspecified atom stereocenters. The van der Waals surface area contributed by atoms with Crippen molar-refractivity contribution >= 4 is 11.8 Å². The molecule has 4 rings (SSSR count). The van der Waals surface area contributed by atoms with Gasteiger partial charge in [0.15, 0.2) is 0 Å². The zero-order chi connectivity index (χ0) is 14.4. The molecule has 0 radical (unpaired) electrons. The average molecular weight is 281 g/mol. The first-order valence-corrected chi connectivity index (χ1v) is 6.89. The Morgan fingerprint density at radius 3 is 2.90 bits per heavy atom. The van der Waals surface area contributed by atoms with E-state index in [0.717, 1.165) is 27.9 Å². The highest BCUT2D eigenvalue weighted by atomic mass is 16.7. The minimum Gasteiger partial charge on any atom is -0.460 e. The summed E-state index contributed by atoms with van der Waals surface area (Å²) in [6.07, 6.45) is 3.06. The van der Waals surface area contributed by atoms with Gasteiger partial charge < -0.3 is 9.84 Å². The van der Waals surface area contributed by atoms with Crippen LogP contribution in [0, 0.1) is 0 Å². The van der Waals surface area contributed by atoms with Gasteiger partial charge in [0.2, 0.25) is 6.29 Å². The fourth-order valence-electron chi connectivity index (χ4n) is 3.03. The number of fused-ring (bicyclic) bond motifs is 5. The van der Waals surface area contributed by atoms with E-state index in [1.54, 1.807) is 12.2 Å². The third kappa shape index (κ3) is 1.77. The van der Waals surface area contributed by atoms with Crippen LogP contribution >= 0.6 is 0 Å². The predicted octanol–water partition coefficient (Wildman–Crippen LogP) is 3.13. The van der Waals surface area contributed by atoms with E-state index in [-0.39, 0.29) is 0 Å². The number of anilines is 1. The summed E-state index contributed by atoms with van der Waals surface area (Å²) in [5.41, 5.74) is 4.70. The van der Waals surface area contributed by atoms with Gasteiger partial charge in [-0.25, -0.2) is 0 Å². The van der Waals surface area contributed by atoms with E-state index in [4.69, 9.17) is 9.57 Å². The van der Waals surface area contributed by atoms with E-state index in [1.165, 1.54) is 0 Å². The maximum Gasteiger partial charge on any atom is 0.225 e. The molecule has 0 saturated heterocycles. The van der Waals surface area contributed by atoms with Crippen molar-refractivity contribution in [2.45, 2.75) is 6.29 Å². The fraction of sp³-hybridized carbons (Fsp3) is 0.176. The van der Waals surface area contributed by atoms with Crippen LogP contribution in [0.2, 0.25) is 0 Å². The highest BCUT2D eigenvalue weighted by Crippen LogP contribution is 2.46. The lowest BCUT2D eigenvalue weighted by molar-refractivity contribution is -0.0214. The van der Waals surface area contributed by atoms with Crippen LogP contribution in [-0.2, 0) is 4.84 Å². The Bertz CT molecular complexity index is 739. The van der Waals surface area contributed by atoms with Gasteiger partial charge in [0.05, 0.1) is 19.3 Å². The van der Waals surface area contributed by atoms with Gasteiger partial charge in [-0.1, -0.05) is 36.4 Å². The normalized spacial score (nSPS) is 18.6. The number of rotatable bonds is 1. The lowest BCUT2D eigenvalue weighted by Crippen LogP contribution is -2.26. The summed E-state index contributed by atoms with van der Waals surface area (Å²) in [5, 5.41) is 12.2. The van der Waals surface area contributed by atoms with Gasteiger partial charge >= 0.3 is 0 Å². The van der Waals surface area contributed by atoms with Crippen molar-refractivity contribution in [1.82, 2.24) is 0 Å². The lowest BCUT2D eigenvalue weighted by Gasteiger charge is -2.32. The third-order valence-electron chi connectivity index (χ3n) is 3.97. The Morgan fingerprint density at radius 2 is 2.05 bits per heavy atom. The first-order valence-electron chi connectivity index (χ1n) is 6.89. The summed E-state index contributed by atoms with van der Waals surface area (Å²) in [6.45, 7) is 0.690. The van der Waals surface area contributed by atoms with Crippen LogP contribution in [0.25, 0.3) is 17.2 Å². The Kier molecular flexibility index (Phi) is 2.74. The molecule has 2 aromatic carbocycles. The molecule has 2 aliphatic rings. The fourth-order valence-corrected chi connectivity index (χ4v) is 3.03. The van der Waals surface area contributed by atoms with Crippen LogP contribution in [0.5, 0.6) is 5.75 Å².